The Hall–Kier alpha value is -2.78. The maximum atomic E-state index is 12.7. The van der Waals surface area contributed by atoms with Crippen LogP contribution in [0.2, 0.25) is 5.02 Å². The van der Waals surface area contributed by atoms with Crippen LogP contribution in [0.5, 0.6) is 5.75 Å². The SMILES string of the molecule is CN(c1cn2ccn(Cc3cccc(Cl)c3)c(=O)c2c(O)c1=O)S(C)(=O)=O. The van der Waals surface area contributed by atoms with Crippen LogP contribution in [-0.2, 0) is 16.6 Å². The Kier molecular flexibility index (Phi) is 4.75. The maximum Gasteiger partial charge on any atom is 0.279 e. The summed E-state index contributed by atoms with van der Waals surface area (Å²) in [4.78, 5) is 25.1. The number of pyridine rings is 1. The summed E-state index contributed by atoms with van der Waals surface area (Å²) in [5.74, 6) is -0.812. The van der Waals surface area contributed by atoms with Gasteiger partial charge in [0.25, 0.3) is 5.56 Å². The summed E-state index contributed by atoms with van der Waals surface area (Å²) in [6, 6.07) is 6.95. The number of aromatic nitrogens is 2. The lowest BCUT2D eigenvalue weighted by Gasteiger charge is -2.17. The van der Waals surface area contributed by atoms with Gasteiger partial charge in [0, 0.05) is 30.7 Å². The van der Waals surface area contributed by atoms with Crippen molar-refractivity contribution in [1.29, 1.82) is 0 Å². The smallest absolute Gasteiger partial charge is 0.279 e. The third kappa shape index (κ3) is 3.56. The minimum absolute atomic E-state index is 0.189. The first-order valence-corrected chi connectivity index (χ1v) is 9.98. The van der Waals surface area contributed by atoms with Gasteiger partial charge in [0.1, 0.15) is 5.69 Å². The fourth-order valence-electron chi connectivity index (χ4n) is 2.65. The minimum atomic E-state index is -3.71. The molecule has 10 heteroatoms. The van der Waals surface area contributed by atoms with Gasteiger partial charge in [-0.1, -0.05) is 23.7 Å². The Bertz CT molecular complexity index is 1260. The Morgan fingerprint density at radius 3 is 2.56 bits per heavy atom. The molecule has 0 radical (unpaired) electrons. The van der Waals surface area contributed by atoms with Crippen molar-refractivity contribution in [3.63, 3.8) is 0 Å². The molecule has 3 aromatic rings. The molecule has 0 unspecified atom stereocenters. The van der Waals surface area contributed by atoms with E-state index in [1.54, 1.807) is 24.3 Å². The molecule has 0 fully saturated rings. The van der Waals surface area contributed by atoms with Gasteiger partial charge in [-0.05, 0) is 17.7 Å². The predicted molar refractivity (Wildman–Crippen MR) is 103 cm³/mol. The molecule has 3 rings (SSSR count). The number of anilines is 1. The van der Waals surface area contributed by atoms with Gasteiger partial charge >= 0.3 is 0 Å². The van der Waals surface area contributed by atoms with E-state index in [9.17, 15) is 23.1 Å². The van der Waals surface area contributed by atoms with Crippen molar-refractivity contribution in [2.75, 3.05) is 17.6 Å². The standard InChI is InChI=1S/C17H16ClN3O5S/c1-19(27(2,25)26)13-10-20-6-7-21(9-11-4-3-5-12(18)8-11)17(24)14(20)16(23)15(13)22/h3-8,10,23H,9H2,1-2H3. The van der Waals surface area contributed by atoms with Gasteiger partial charge in [0.05, 0.1) is 12.8 Å². The van der Waals surface area contributed by atoms with Crippen LogP contribution in [0.25, 0.3) is 5.52 Å². The second kappa shape index (κ2) is 6.75. The minimum Gasteiger partial charge on any atom is -0.502 e. The van der Waals surface area contributed by atoms with E-state index in [1.807, 2.05) is 0 Å². The highest BCUT2D eigenvalue weighted by molar-refractivity contribution is 7.92. The first kappa shape index (κ1) is 19.0. The van der Waals surface area contributed by atoms with E-state index in [4.69, 9.17) is 11.6 Å². The topological polar surface area (TPSA) is 101 Å². The Morgan fingerprint density at radius 2 is 1.93 bits per heavy atom. The number of fused-ring (bicyclic) bond motifs is 1. The molecule has 0 atom stereocenters. The molecule has 1 aromatic carbocycles. The van der Waals surface area contributed by atoms with Gasteiger partial charge in [-0.2, -0.15) is 0 Å². The maximum absolute atomic E-state index is 12.7. The zero-order valence-electron chi connectivity index (χ0n) is 14.5. The van der Waals surface area contributed by atoms with Crippen molar-refractivity contribution < 1.29 is 13.5 Å². The molecule has 142 valence electrons. The van der Waals surface area contributed by atoms with Gasteiger partial charge in [0.2, 0.25) is 15.5 Å². The number of hydrogen-bond donors (Lipinski definition) is 1. The van der Waals surface area contributed by atoms with Crippen LogP contribution >= 0.6 is 11.6 Å². The largest absolute Gasteiger partial charge is 0.502 e. The van der Waals surface area contributed by atoms with Crippen LogP contribution < -0.4 is 15.3 Å². The summed E-state index contributed by atoms with van der Waals surface area (Å²) >= 11 is 5.95. The monoisotopic (exact) mass is 409 g/mol. The second-order valence-corrected chi connectivity index (χ2v) is 8.49. The third-order valence-corrected chi connectivity index (χ3v) is 5.57. The lowest BCUT2D eigenvalue weighted by atomic mass is 10.2. The second-order valence-electron chi connectivity index (χ2n) is 6.04. The Morgan fingerprint density at radius 1 is 1.22 bits per heavy atom. The number of halogens is 1. The predicted octanol–water partition coefficient (Wildman–Crippen LogP) is 1.26. The van der Waals surface area contributed by atoms with Crippen molar-refractivity contribution in [2.24, 2.45) is 0 Å². The van der Waals surface area contributed by atoms with E-state index in [2.05, 4.69) is 0 Å². The first-order valence-electron chi connectivity index (χ1n) is 7.75. The van der Waals surface area contributed by atoms with Gasteiger partial charge in [-0.3, -0.25) is 13.9 Å². The molecule has 0 spiro atoms. The number of aromatic hydroxyl groups is 1. The van der Waals surface area contributed by atoms with Gasteiger partial charge in [0.15, 0.2) is 11.3 Å². The van der Waals surface area contributed by atoms with Crippen molar-refractivity contribution >= 4 is 32.8 Å². The number of benzene rings is 1. The summed E-state index contributed by atoms with van der Waals surface area (Å²) in [6.07, 6.45) is 5.06. The van der Waals surface area contributed by atoms with Gasteiger partial charge in [-0.15, -0.1) is 0 Å². The van der Waals surface area contributed by atoms with E-state index in [0.717, 1.165) is 16.1 Å². The van der Waals surface area contributed by atoms with Crippen LogP contribution in [0.4, 0.5) is 5.69 Å². The molecule has 2 aromatic heterocycles. The molecular weight excluding hydrogens is 394 g/mol. The molecular formula is C17H16ClN3O5S. The molecule has 1 N–H and O–H groups in total. The number of sulfonamides is 1. The molecule has 8 nitrogen and oxygen atoms in total. The number of hydrogen-bond acceptors (Lipinski definition) is 5. The molecule has 27 heavy (non-hydrogen) atoms. The van der Waals surface area contributed by atoms with Crippen LogP contribution in [-0.4, -0.2) is 35.8 Å². The molecule has 2 heterocycles. The zero-order chi connectivity index (χ0) is 19.9. The average Bonchev–Trinajstić information content (AvgIpc) is 2.59. The van der Waals surface area contributed by atoms with Crippen molar-refractivity contribution in [3.05, 3.63) is 74.0 Å². The molecule has 0 saturated heterocycles. The van der Waals surface area contributed by atoms with Crippen LogP contribution in [0.15, 0.2) is 52.4 Å². The fourth-order valence-corrected chi connectivity index (χ4v) is 3.35. The summed E-state index contributed by atoms with van der Waals surface area (Å²) in [5, 5.41) is 10.8. The Labute approximate surface area is 159 Å². The lowest BCUT2D eigenvalue weighted by molar-refractivity contribution is 0.472. The van der Waals surface area contributed by atoms with Gasteiger partial charge < -0.3 is 14.1 Å². The third-order valence-electron chi connectivity index (χ3n) is 4.14. The summed E-state index contributed by atoms with van der Waals surface area (Å²) in [5.41, 5.74) is -1.28. The summed E-state index contributed by atoms with van der Waals surface area (Å²) < 4.78 is 26.7. The molecule has 0 amide bonds. The Balaban J connectivity index is 2.18. The van der Waals surface area contributed by atoms with Crippen molar-refractivity contribution in [3.8, 4) is 5.75 Å². The van der Waals surface area contributed by atoms with E-state index in [-0.39, 0.29) is 17.7 Å². The average molecular weight is 410 g/mol. The van der Waals surface area contributed by atoms with Crippen LogP contribution in [0.1, 0.15) is 5.56 Å². The highest BCUT2D eigenvalue weighted by Gasteiger charge is 2.21. The zero-order valence-corrected chi connectivity index (χ0v) is 16.0. The van der Waals surface area contributed by atoms with Crippen molar-refractivity contribution in [2.45, 2.75) is 6.54 Å². The molecule has 0 saturated carbocycles. The highest BCUT2D eigenvalue weighted by atomic mass is 35.5. The van der Waals surface area contributed by atoms with E-state index in [1.165, 1.54) is 34.6 Å². The molecule has 0 aliphatic rings. The summed E-state index contributed by atoms with van der Waals surface area (Å²) in [6.45, 7) is 0.189. The van der Waals surface area contributed by atoms with Crippen LogP contribution in [0, 0.1) is 0 Å². The van der Waals surface area contributed by atoms with E-state index in [0.29, 0.717) is 5.02 Å². The van der Waals surface area contributed by atoms with E-state index < -0.39 is 26.8 Å². The normalized spacial score (nSPS) is 11.7. The number of rotatable bonds is 4. The first-order chi connectivity index (χ1) is 12.6. The number of nitrogens with zero attached hydrogens (tertiary/aromatic N) is 3. The quantitative estimate of drug-likeness (QED) is 0.699. The highest BCUT2D eigenvalue weighted by Crippen LogP contribution is 2.18. The van der Waals surface area contributed by atoms with E-state index >= 15 is 0 Å². The van der Waals surface area contributed by atoms with Crippen LogP contribution in [0.3, 0.4) is 0 Å². The fraction of sp³-hybridized carbons (Fsp3) is 0.176. The summed E-state index contributed by atoms with van der Waals surface area (Å²) in [7, 11) is -2.52. The van der Waals surface area contributed by atoms with Crippen molar-refractivity contribution in [1.82, 2.24) is 8.97 Å². The lowest BCUT2D eigenvalue weighted by Crippen LogP contribution is -2.31. The van der Waals surface area contributed by atoms with Gasteiger partial charge in [-0.25, -0.2) is 8.42 Å². The molecule has 0 aliphatic heterocycles. The molecule has 0 aliphatic carbocycles. The molecule has 0 bridgehead atoms.